The van der Waals surface area contributed by atoms with Crippen LogP contribution in [-0.2, 0) is 0 Å². The van der Waals surface area contributed by atoms with E-state index in [4.69, 9.17) is 10.8 Å². The second-order valence-electron chi connectivity index (χ2n) is 2.94. The van der Waals surface area contributed by atoms with E-state index >= 15 is 0 Å². The van der Waals surface area contributed by atoms with Crippen LogP contribution in [0.1, 0.15) is 17.2 Å². The van der Waals surface area contributed by atoms with Gasteiger partial charge in [0.2, 0.25) is 0 Å². The molecule has 0 fully saturated rings. The molecule has 1 unspecified atom stereocenters. The predicted octanol–water partition coefficient (Wildman–Crippen LogP) is 1.27. The van der Waals surface area contributed by atoms with Crippen LogP contribution in [-0.4, -0.2) is 11.7 Å². The zero-order chi connectivity index (χ0) is 10.0. The molecule has 0 spiro atoms. The van der Waals surface area contributed by atoms with Crippen molar-refractivity contribution < 1.29 is 13.9 Å². The average Bonchev–Trinajstić information content (AvgIpc) is 2.10. The van der Waals surface area contributed by atoms with Gasteiger partial charge in [0.1, 0.15) is 0 Å². The lowest BCUT2D eigenvalue weighted by Gasteiger charge is -2.10. The van der Waals surface area contributed by atoms with Crippen LogP contribution in [0.4, 0.5) is 8.78 Å². The van der Waals surface area contributed by atoms with Crippen LogP contribution in [0.25, 0.3) is 0 Å². The fourth-order valence-corrected chi connectivity index (χ4v) is 1.12. The maximum absolute atomic E-state index is 13.1. The van der Waals surface area contributed by atoms with E-state index in [0.717, 1.165) is 6.07 Å². The molecule has 0 heterocycles. The molecule has 1 aromatic rings. The molecule has 0 amide bonds. The molecule has 0 saturated carbocycles. The van der Waals surface area contributed by atoms with E-state index in [9.17, 15) is 8.78 Å². The molecule has 2 nitrogen and oxygen atoms in total. The third-order valence-corrected chi connectivity index (χ3v) is 1.80. The number of hydrogen-bond acceptors (Lipinski definition) is 2. The molecule has 0 saturated heterocycles. The van der Waals surface area contributed by atoms with Crippen LogP contribution in [0.3, 0.4) is 0 Å². The van der Waals surface area contributed by atoms with Crippen molar-refractivity contribution in [1.82, 2.24) is 0 Å². The summed E-state index contributed by atoms with van der Waals surface area (Å²) in [6.07, 6.45) is 0. The summed E-state index contributed by atoms with van der Waals surface area (Å²) in [5, 5.41) is 8.68. The van der Waals surface area contributed by atoms with Crippen LogP contribution < -0.4 is 5.73 Å². The number of nitrogens with two attached hydrogens (primary N) is 1. The van der Waals surface area contributed by atoms with E-state index < -0.39 is 24.3 Å². The van der Waals surface area contributed by atoms with Crippen molar-refractivity contribution >= 4 is 0 Å². The molecule has 0 aliphatic heterocycles. The van der Waals surface area contributed by atoms with Crippen molar-refractivity contribution in [2.24, 2.45) is 5.73 Å². The molecule has 1 aromatic carbocycles. The highest BCUT2D eigenvalue weighted by Gasteiger charge is 2.14. The number of rotatable bonds is 2. The molecule has 13 heavy (non-hydrogen) atoms. The number of benzene rings is 1. The second kappa shape index (κ2) is 3.81. The Morgan fingerprint density at radius 2 is 2.08 bits per heavy atom. The zero-order valence-corrected chi connectivity index (χ0v) is 7.22. The van der Waals surface area contributed by atoms with Crippen LogP contribution in [0, 0.1) is 18.6 Å². The number of halogens is 2. The molecular formula is C9H11F2NO. The van der Waals surface area contributed by atoms with Gasteiger partial charge >= 0.3 is 0 Å². The van der Waals surface area contributed by atoms with Gasteiger partial charge in [-0.1, -0.05) is 6.07 Å². The normalized spacial score (nSPS) is 13.0. The van der Waals surface area contributed by atoms with E-state index in [0.29, 0.717) is 5.56 Å². The number of aliphatic hydroxyl groups excluding tert-OH is 1. The monoisotopic (exact) mass is 187 g/mol. The van der Waals surface area contributed by atoms with Gasteiger partial charge in [-0.2, -0.15) is 0 Å². The van der Waals surface area contributed by atoms with Gasteiger partial charge in [0.15, 0.2) is 11.6 Å². The van der Waals surface area contributed by atoms with Gasteiger partial charge < -0.3 is 10.8 Å². The second-order valence-corrected chi connectivity index (χ2v) is 2.94. The largest absolute Gasteiger partial charge is 0.394 e. The van der Waals surface area contributed by atoms with Gasteiger partial charge in [0, 0.05) is 5.56 Å². The van der Waals surface area contributed by atoms with Gasteiger partial charge in [-0.25, -0.2) is 8.78 Å². The van der Waals surface area contributed by atoms with Gasteiger partial charge in [-0.3, -0.25) is 0 Å². The smallest absolute Gasteiger partial charge is 0.163 e. The molecule has 0 aliphatic rings. The Hall–Kier alpha value is -1.00. The first kappa shape index (κ1) is 10.1. The van der Waals surface area contributed by atoms with Gasteiger partial charge in [-0.05, 0) is 18.6 Å². The summed E-state index contributed by atoms with van der Waals surface area (Å²) in [6.45, 7) is 1.23. The van der Waals surface area contributed by atoms with Crippen molar-refractivity contribution in [3.8, 4) is 0 Å². The van der Waals surface area contributed by atoms with Crippen molar-refractivity contribution in [1.29, 1.82) is 0 Å². The Kier molecular flexibility index (Phi) is 2.95. The van der Waals surface area contributed by atoms with Gasteiger partial charge in [-0.15, -0.1) is 0 Å². The van der Waals surface area contributed by atoms with Crippen molar-refractivity contribution in [2.75, 3.05) is 6.61 Å². The Balaban J connectivity index is 3.20. The van der Waals surface area contributed by atoms with Crippen LogP contribution in [0.5, 0.6) is 0 Å². The number of aryl methyl sites for hydroxylation is 1. The molecule has 1 rings (SSSR count). The molecule has 3 N–H and O–H groups in total. The summed E-state index contributed by atoms with van der Waals surface area (Å²) in [5.74, 6) is -1.91. The van der Waals surface area contributed by atoms with Crippen LogP contribution in [0.2, 0.25) is 0 Å². The maximum Gasteiger partial charge on any atom is 0.163 e. The maximum atomic E-state index is 13.1. The Morgan fingerprint density at radius 1 is 1.46 bits per heavy atom. The third kappa shape index (κ3) is 2.02. The SMILES string of the molecule is Cc1cc(F)c(F)c(C(N)CO)c1. The van der Waals surface area contributed by atoms with Gasteiger partial charge in [0.05, 0.1) is 12.6 Å². The fourth-order valence-electron chi connectivity index (χ4n) is 1.12. The van der Waals surface area contributed by atoms with Crippen LogP contribution in [0.15, 0.2) is 12.1 Å². The van der Waals surface area contributed by atoms with Crippen molar-refractivity contribution in [2.45, 2.75) is 13.0 Å². The summed E-state index contributed by atoms with van der Waals surface area (Å²) >= 11 is 0. The summed E-state index contributed by atoms with van der Waals surface area (Å²) in [5.41, 5.74) is 5.97. The van der Waals surface area contributed by atoms with E-state index in [-0.39, 0.29) is 5.56 Å². The zero-order valence-electron chi connectivity index (χ0n) is 7.22. The first-order chi connectivity index (χ1) is 6.06. The van der Waals surface area contributed by atoms with E-state index in [2.05, 4.69) is 0 Å². The summed E-state index contributed by atoms with van der Waals surface area (Å²) in [4.78, 5) is 0. The number of hydrogen-bond donors (Lipinski definition) is 2. The Labute approximate surface area is 75.0 Å². The summed E-state index contributed by atoms with van der Waals surface area (Å²) in [6, 6.07) is 1.65. The van der Waals surface area contributed by atoms with Gasteiger partial charge in [0.25, 0.3) is 0 Å². The molecule has 4 heteroatoms. The Morgan fingerprint density at radius 3 is 2.62 bits per heavy atom. The summed E-state index contributed by atoms with van der Waals surface area (Å²) < 4.78 is 25.9. The number of aliphatic hydroxyl groups is 1. The predicted molar refractivity (Wildman–Crippen MR) is 45.1 cm³/mol. The lowest BCUT2D eigenvalue weighted by Crippen LogP contribution is -2.17. The van der Waals surface area contributed by atoms with E-state index in [1.165, 1.54) is 6.07 Å². The van der Waals surface area contributed by atoms with Crippen molar-refractivity contribution in [3.05, 3.63) is 34.9 Å². The minimum absolute atomic E-state index is 0.0139. The molecule has 0 bridgehead atoms. The minimum atomic E-state index is -0.979. The molecule has 72 valence electrons. The highest BCUT2D eigenvalue weighted by molar-refractivity contribution is 5.27. The highest BCUT2D eigenvalue weighted by atomic mass is 19.2. The first-order valence-corrected chi connectivity index (χ1v) is 3.88. The molecular weight excluding hydrogens is 176 g/mol. The Bertz CT molecular complexity index is 315. The van der Waals surface area contributed by atoms with Crippen molar-refractivity contribution in [3.63, 3.8) is 0 Å². The topological polar surface area (TPSA) is 46.2 Å². The molecule has 0 aliphatic carbocycles. The summed E-state index contributed by atoms with van der Waals surface area (Å²) in [7, 11) is 0. The lowest BCUT2D eigenvalue weighted by molar-refractivity contribution is 0.264. The standard InChI is InChI=1S/C9H11F2NO/c1-5-2-6(8(12)4-13)9(11)7(10)3-5/h2-3,8,13H,4,12H2,1H3. The van der Waals surface area contributed by atoms with E-state index in [1.54, 1.807) is 6.92 Å². The van der Waals surface area contributed by atoms with E-state index in [1.807, 2.05) is 0 Å². The molecule has 1 atom stereocenters. The first-order valence-electron chi connectivity index (χ1n) is 3.88. The lowest BCUT2D eigenvalue weighted by atomic mass is 10.0. The minimum Gasteiger partial charge on any atom is -0.394 e. The molecule has 0 radical (unpaired) electrons. The fraction of sp³-hybridized carbons (Fsp3) is 0.333. The quantitative estimate of drug-likeness (QED) is 0.732. The van der Waals surface area contributed by atoms with Crippen LogP contribution >= 0.6 is 0 Å². The molecule has 0 aromatic heterocycles. The highest BCUT2D eigenvalue weighted by Crippen LogP contribution is 2.19. The third-order valence-electron chi connectivity index (χ3n) is 1.80. The average molecular weight is 187 g/mol.